The molecule has 0 radical (unpaired) electrons. The SMILES string of the molecule is CCCC1(O)CN(C(=O)c2c(F)ccc(C)c2F)C1. The molecule has 1 amide bonds. The van der Waals surface area contributed by atoms with Crippen molar-refractivity contribution in [3.63, 3.8) is 0 Å². The molecule has 1 aromatic carbocycles. The predicted molar refractivity (Wildman–Crippen MR) is 66.9 cm³/mol. The van der Waals surface area contributed by atoms with Gasteiger partial charge in [-0.15, -0.1) is 0 Å². The molecule has 0 spiro atoms. The molecule has 2 rings (SSSR count). The van der Waals surface area contributed by atoms with Crippen LogP contribution in [0.4, 0.5) is 8.78 Å². The van der Waals surface area contributed by atoms with Crippen molar-refractivity contribution in [1.82, 2.24) is 4.90 Å². The average Bonchev–Trinajstić information content (AvgIpc) is 2.31. The fraction of sp³-hybridized carbons (Fsp3) is 0.500. The molecule has 0 atom stereocenters. The Labute approximate surface area is 110 Å². The Kier molecular flexibility index (Phi) is 3.58. The Balaban J connectivity index is 2.17. The van der Waals surface area contributed by atoms with E-state index in [0.717, 1.165) is 12.5 Å². The minimum atomic E-state index is -0.902. The number of nitrogens with zero attached hydrogens (tertiary/aromatic N) is 1. The number of β-amino-alcohol motifs (C(OH)–C–C–N with tert-alkyl or cyclic N) is 1. The molecule has 0 unspecified atom stereocenters. The Bertz CT molecular complexity index is 510. The Morgan fingerprint density at radius 1 is 1.42 bits per heavy atom. The molecule has 1 saturated heterocycles. The van der Waals surface area contributed by atoms with Crippen LogP contribution in [0.5, 0.6) is 0 Å². The van der Waals surface area contributed by atoms with Crippen LogP contribution in [0.1, 0.15) is 35.7 Å². The molecule has 104 valence electrons. The number of aliphatic hydroxyl groups is 1. The number of hydrogen-bond donors (Lipinski definition) is 1. The van der Waals surface area contributed by atoms with Crippen molar-refractivity contribution >= 4 is 5.91 Å². The fourth-order valence-electron chi connectivity index (χ4n) is 2.44. The van der Waals surface area contributed by atoms with Gasteiger partial charge in [0.05, 0.1) is 18.7 Å². The fourth-order valence-corrected chi connectivity index (χ4v) is 2.44. The van der Waals surface area contributed by atoms with Gasteiger partial charge in [-0.2, -0.15) is 0 Å². The molecule has 1 aliphatic heterocycles. The average molecular weight is 269 g/mol. The lowest BCUT2D eigenvalue weighted by Crippen LogP contribution is -2.63. The molecule has 0 aromatic heterocycles. The van der Waals surface area contributed by atoms with Crippen LogP contribution in [-0.2, 0) is 0 Å². The van der Waals surface area contributed by atoms with E-state index in [1.807, 2.05) is 6.92 Å². The van der Waals surface area contributed by atoms with Gasteiger partial charge in [0.2, 0.25) is 0 Å². The lowest BCUT2D eigenvalue weighted by atomic mass is 9.88. The highest BCUT2D eigenvalue weighted by Gasteiger charge is 2.44. The minimum absolute atomic E-state index is 0.131. The highest BCUT2D eigenvalue weighted by Crippen LogP contribution is 2.28. The van der Waals surface area contributed by atoms with Gasteiger partial charge in [0.25, 0.3) is 5.91 Å². The molecule has 1 heterocycles. The van der Waals surface area contributed by atoms with Crippen molar-refractivity contribution in [3.8, 4) is 0 Å². The second kappa shape index (κ2) is 4.89. The topological polar surface area (TPSA) is 40.5 Å². The second-order valence-corrected chi connectivity index (χ2v) is 5.19. The molecular formula is C14H17F2NO2. The van der Waals surface area contributed by atoms with E-state index < -0.39 is 28.7 Å². The number of hydrogen-bond acceptors (Lipinski definition) is 2. The third-order valence-corrected chi connectivity index (χ3v) is 3.47. The van der Waals surface area contributed by atoms with Crippen molar-refractivity contribution in [3.05, 3.63) is 34.9 Å². The van der Waals surface area contributed by atoms with Crippen LogP contribution in [0, 0.1) is 18.6 Å². The smallest absolute Gasteiger partial charge is 0.260 e. The van der Waals surface area contributed by atoms with E-state index in [1.54, 1.807) is 0 Å². The van der Waals surface area contributed by atoms with Gasteiger partial charge >= 0.3 is 0 Å². The summed E-state index contributed by atoms with van der Waals surface area (Å²) in [5.74, 6) is -2.38. The van der Waals surface area contributed by atoms with Gasteiger partial charge in [0.15, 0.2) is 0 Å². The van der Waals surface area contributed by atoms with Gasteiger partial charge in [-0.25, -0.2) is 8.78 Å². The summed E-state index contributed by atoms with van der Waals surface area (Å²) in [4.78, 5) is 13.3. The summed E-state index contributed by atoms with van der Waals surface area (Å²) in [7, 11) is 0. The van der Waals surface area contributed by atoms with Crippen LogP contribution in [0.15, 0.2) is 12.1 Å². The molecule has 19 heavy (non-hydrogen) atoms. The van der Waals surface area contributed by atoms with Gasteiger partial charge in [-0.3, -0.25) is 4.79 Å². The standard InChI is InChI=1S/C14H17F2NO2/c1-3-6-14(19)7-17(8-14)13(18)11-10(15)5-4-9(2)12(11)16/h4-5,19H,3,6-8H2,1-2H3. The zero-order chi connectivity index (χ0) is 14.2. The number of aryl methyl sites for hydroxylation is 1. The summed E-state index contributed by atoms with van der Waals surface area (Å²) in [6, 6.07) is 2.38. The van der Waals surface area contributed by atoms with E-state index in [2.05, 4.69) is 0 Å². The van der Waals surface area contributed by atoms with Crippen LogP contribution in [-0.4, -0.2) is 34.6 Å². The third kappa shape index (κ3) is 2.47. The predicted octanol–water partition coefficient (Wildman–Crippen LogP) is 2.26. The van der Waals surface area contributed by atoms with Crippen LogP contribution < -0.4 is 0 Å². The number of rotatable bonds is 3. The summed E-state index contributed by atoms with van der Waals surface area (Å²) in [5.41, 5.74) is -1.20. The van der Waals surface area contributed by atoms with Crippen molar-refractivity contribution in [2.24, 2.45) is 0 Å². The summed E-state index contributed by atoms with van der Waals surface area (Å²) < 4.78 is 27.4. The zero-order valence-electron chi connectivity index (χ0n) is 11.0. The second-order valence-electron chi connectivity index (χ2n) is 5.19. The summed E-state index contributed by atoms with van der Waals surface area (Å²) >= 11 is 0. The van der Waals surface area contributed by atoms with Crippen molar-refractivity contribution < 1.29 is 18.7 Å². The van der Waals surface area contributed by atoms with Gasteiger partial charge in [0.1, 0.15) is 17.2 Å². The van der Waals surface area contributed by atoms with Crippen molar-refractivity contribution in [2.45, 2.75) is 32.3 Å². The van der Waals surface area contributed by atoms with Gasteiger partial charge in [-0.1, -0.05) is 19.4 Å². The molecule has 0 bridgehead atoms. The molecular weight excluding hydrogens is 252 g/mol. The van der Waals surface area contributed by atoms with E-state index >= 15 is 0 Å². The first-order valence-corrected chi connectivity index (χ1v) is 6.34. The largest absolute Gasteiger partial charge is 0.386 e. The highest BCUT2D eigenvalue weighted by molar-refractivity contribution is 5.95. The Morgan fingerprint density at radius 3 is 2.63 bits per heavy atom. The highest BCUT2D eigenvalue weighted by atomic mass is 19.1. The summed E-state index contributed by atoms with van der Waals surface area (Å²) in [6.45, 7) is 3.68. The first-order valence-electron chi connectivity index (χ1n) is 6.34. The first kappa shape index (κ1) is 13.9. The molecule has 0 saturated carbocycles. The molecule has 0 aliphatic carbocycles. The normalized spacial score (nSPS) is 17.2. The molecule has 1 aromatic rings. The molecule has 3 nitrogen and oxygen atoms in total. The number of amides is 1. The van der Waals surface area contributed by atoms with E-state index in [4.69, 9.17) is 0 Å². The van der Waals surface area contributed by atoms with E-state index in [-0.39, 0.29) is 18.7 Å². The summed E-state index contributed by atoms with van der Waals surface area (Å²) in [5, 5.41) is 9.99. The molecule has 1 aliphatic rings. The number of halogens is 2. The quantitative estimate of drug-likeness (QED) is 0.914. The number of likely N-dealkylation sites (tertiary alicyclic amines) is 1. The van der Waals surface area contributed by atoms with Crippen LogP contribution >= 0.6 is 0 Å². The monoisotopic (exact) mass is 269 g/mol. The lowest BCUT2D eigenvalue weighted by Gasteiger charge is -2.46. The summed E-state index contributed by atoms with van der Waals surface area (Å²) in [6.07, 6.45) is 1.38. The maximum absolute atomic E-state index is 13.8. The Hall–Kier alpha value is -1.49. The Morgan fingerprint density at radius 2 is 2.05 bits per heavy atom. The van der Waals surface area contributed by atoms with Crippen LogP contribution in [0.3, 0.4) is 0 Å². The number of carbonyl (C=O) groups is 1. The van der Waals surface area contributed by atoms with Crippen molar-refractivity contribution in [1.29, 1.82) is 0 Å². The van der Waals surface area contributed by atoms with E-state index in [0.29, 0.717) is 6.42 Å². The van der Waals surface area contributed by atoms with Gasteiger partial charge in [-0.05, 0) is 25.0 Å². The first-order chi connectivity index (χ1) is 8.88. The molecule has 1 N–H and O–H groups in total. The van der Waals surface area contributed by atoms with E-state index in [9.17, 15) is 18.7 Å². The van der Waals surface area contributed by atoms with Crippen LogP contribution in [0.25, 0.3) is 0 Å². The number of benzene rings is 1. The third-order valence-electron chi connectivity index (χ3n) is 3.47. The van der Waals surface area contributed by atoms with E-state index in [1.165, 1.54) is 17.9 Å². The van der Waals surface area contributed by atoms with Crippen LogP contribution in [0.2, 0.25) is 0 Å². The lowest BCUT2D eigenvalue weighted by molar-refractivity contribution is -0.0862. The maximum atomic E-state index is 13.8. The van der Waals surface area contributed by atoms with Crippen molar-refractivity contribution in [2.75, 3.05) is 13.1 Å². The minimum Gasteiger partial charge on any atom is -0.386 e. The maximum Gasteiger partial charge on any atom is 0.260 e. The number of carbonyl (C=O) groups excluding carboxylic acids is 1. The zero-order valence-corrected chi connectivity index (χ0v) is 11.0. The molecule has 5 heteroatoms. The van der Waals surface area contributed by atoms with Gasteiger partial charge < -0.3 is 10.0 Å². The molecule has 1 fully saturated rings. The van der Waals surface area contributed by atoms with Gasteiger partial charge in [0, 0.05) is 0 Å².